The second kappa shape index (κ2) is 11.2. The number of nitrogens with zero attached hydrogens (tertiary/aromatic N) is 2. The summed E-state index contributed by atoms with van der Waals surface area (Å²) in [6.45, 7) is 0. The van der Waals surface area contributed by atoms with E-state index in [0.717, 1.165) is 5.56 Å². The van der Waals surface area contributed by atoms with E-state index in [1.165, 1.54) is 21.3 Å². The summed E-state index contributed by atoms with van der Waals surface area (Å²) in [5.41, 5.74) is 3.09. The van der Waals surface area contributed by atoms with Gasteiger partial charge in [-0.05, 0) is 48.0 Å². The number of hydrogen-bond donors (Lipinski definition) is 3. The average Bonchev–Trinajstić information content (AvgIpc) is 3.31. The summed E-state index contributed by atoms with van der Waals surface area (Å²) in [6, 6.07) is 10.7. The summed E-state index contributed by atoms with van der Waals surface area (Å²) in [5.74, 6) is 0.139. The molecule has 0 saturated carbocycles. The number of nitrogens with one attached hydrogen (secondary N) is 2. The molecule has 0 bridgehead atoms. The van der Waals surface area contributed by atoms with E-state index >= 15 is 0 Å². The predicted molar refractivity (Wildman–Crippen MR) is 135 cm³/mol. The summed E-state index contributed by atoms with van der Waals surface area (Å²) in [7, 11) is 4.43. The Hall–Kier alpha value is -4.60. The van der Waals surface area contributed by atoms with Crippen molar-refractivity contribution in [2.45, 2.75) is 19.9 Å². The summed E-state index contributed by atoms with van der Waals surface area (Å²) in [5, 5.41) is 12.4. The molecule has 3 N–H and O–H groups in total. The van der Waals surface area contributed by atoms with Crippen LogP contribution >= 0.6 is 0 Å². The smallest absolute Gasteiger partial charge is 0.326 e. The van der Waals surface area contributed by atoms with Gasteiger partial charge in [-0.2, -0.15) is 0 Å². The quantitative estimate of drug-likeness (QED) is 0.322. The lowest BCUT2D eigenvalue weighted by Gasteiger charge is -2.18. The number of carboxylic acids is 1. The maximum atomic E-state index is 12.9. The van der Waals surface area contributed by atoms with Crippen LogP contribution in [0.25, 0.3) is 22.4 Å². The zero-order valence-corrected chi connectivity index (χ0v) is 19.4. The fraction of sp³-hybridized carbons (Fsp3) is 0.231. The molecule has 0 aliphatic rings. The van der Waals surface area contributed by atoms with Gasteiger partial charge in [0.2, 0.25) is 5.75 Å². The number of amides is 1. The van der Waals surface area contributed by atoms with Crippen molar-refractivity contribution in [1.82, 2.24) is 20.3 Å². The molecular weight excluding hydrogens is 464 g/mol. The first kappa shape index (κ1) is 26.0. The van der Waals surface area contributed by atoms with Crippen molar-refractivity contribution in [1.29, 1.82) is 0 Å². The largest absolute Gasteiger partial charge is 0.493 e. The number of rotatable bonds is 9. The number of pyridine rings is 1. The van der Waals surface area contributed by atoms with Gasteiger partial charge in [0.1, 0.15) is 11.9 Å². The van der Waals surface area contributed by atoms with E-state index in [-0.39, 0.29) is 13.8 Å². The molecule has 10 heteroatoms. The molecule has 0 spiro atoms. The first-order chi connectivity index (χ1) is 16.9. The second-order valence-electron chi connectivity index (χ2n) is 7.66. The minimum absolute atomic E-state index is 0. The van der Waals surface area contributed by atoms with Gasteiger partial charge in [0.25, 0.3) is 5.91 Å². The average molecular weight is 493 g/mol. The Labute approximate surface area is 208 Å². The molecule has 0 fully saturated rings. The number of carboxylic acid groups (broad SMARTS) is 1. The third kappa shape index (κ3) is 5.38. The predicted octanol–water partition coefficient (Wildman–Crippen LogP) is 3.71. The van der Waals surface area contributed by atoms with Gasteiger partial charge in [0.15, 0.2) is 11.5 Å². The number of carbonyl (C=O) groups excluding carboxylic acids is 1. The first-order valence-electron chi connectivity index (χ1n) is 10.7. The highest BCUT2D eigenvalue weighted by atomic mass is 16.5. The van der Waals surface area contributed by atoms with E-state index in [4.69, 9.17) is 14.2 Å². The number of carbonyl (C=O) groups is 2. The molecule has 4 aromatic rings. The number of aliphatic carboxylic acids is 1. The van der Waals surface area contributed by atoms with Crippen LogP contribution in [0.2, 0.25) is 0 Å². The van der Waals surface area contributed by atoms with Gasteiger partial charge in [0, 0.05) is 29.9 Å². The second-order valence-corrected chi connectivity index (χ2v) is 7.66. The minimum atomic E-state index is -1.19. The fourth-order valence-electron chi connectivity index (χ4n) is 3.73. The van der Waals surface area contributed by atoms with E-state index in [1.807, 2.05) is 12.1 Å². The van der Waals surface area contributed by atoms with Gasteiger partial charge in [-0.1, -0.05) is 7.43 Å². The molecular formula is C26H28N4O6. The standard InChI is InChI=1S/C25H24N4O6.CH4/c1-33-20-11-14(12-21(34-2)22(20)35-3)10-19(25(31)32)29-24(30)16-4-5-17-18(13-16)28-23(27-17)15-6-8-26-9-7-15;/h4-9,11-13,19H,10H2,1-3H3,(H,27,28)(H,29,30)(H,31,32);1H4/t19-;/m0./s1. The maximum absolute atomic E-state index is 12.9. The molecule has 0 saturated heterocycles. The number of hydrogen-bond acceptors (Lipinski definition) is 7. The molecule has 0 radical (unpaired) electrons. The fourth-order valence-corrected chi connectivity index (χ4v) is 3.73. The molecule has 1 atom stereocenters. The van der Waals surface area contributed by atoms with Crippen molar-refractivity contribution in [2.24, 2.45) is 0 Å². The number of benzene rings is 2. The van der Waals surface area contributed by atoms with Gasteiger partial charge in [0.05, 0.1) is 32.4 Å². The minimum Gasteiger partial charge on any atom is -0.493 e. The van der Waals surface area contributed by atoms with E-state index in [2.05, 4.69) is 20.3 Å². The number of imidazole rings is 1. The Bertz CT molecular complexity index is 1340. The van der Waals surface area contributed by atoms with E-state index in [1.54, 1.807) is 42.7 Å². The third-order valence-electron chi connectivity index (χ3n) is 5.47. The molecule has 0 aliphatic carbocycles. The van der Waals surface area contributed by atoms with Gasteiger partial charge >= 0.3 is 5.97 Å². The molecule has 4 rings (SSSR count). The lowest BCUT2D eigenvalue weighted by molar-refractivity contribution is -0.139. The number of fused-ring (bicyclic) bond motifs is 1. The van der Waals surface area contributed by atoms with Crippen LogP contribution in [0.5, 0.6) is 17.2 Å². The van der Waals surface area contributed by atoms with E-state index in [0.29, 0.717) is 45.2 Å². The zero-order valence-electron chi connectivity index (χ0n) is 19.4. The van der Waals surface area contributed by atoms with Gasteiger partial charge in [-0.25, -0.2) is 9.78 Å². The summed E-state index contributed by atoms with van der Waals surface area (Å²) in [4.78, 5) is 36.6. The van der Waals surface area contributed by atoms with Crippen LogP contribution in [0, 0.1) is 0 Å². The SMILES string of the molecule is C.COc1cc(C[C@H](NC(=O)c2ccc3nc(-c4ccncc4)[nH]c3c2)C(=O)O)cc(OC)c1OC. The van der Waals surface area contributed by atoms with Crippen LogP contribution in [0.4, 0.5) is 0 Å². The van der Waals surface area contributed by atoms with Crippen LogP contribution in [0.15, 0.2) is 54.9 Å². The van der Waals surface area contributed by atoms with E-state index in [9.17, 15) is 14.7 Å². The molecule has 0 unspecified atom stereocenters. The highest BCUT2D eigenvalue weighted by molar-refractivity contribution is 5.99. The molecule has 2 aromatic carbocycles. The van der Waals surface area contributed by atoms with Crippen molar-refractivity contribution in [3.8, 4) is 28.6 Å². The highest BCUT2D eigenvalue weighted by Gasteiger charge is 2.23. The van der Waals surface area contributed by atoms with Crippen molar-refractivity contribution < 1.29 is 28.9 Å². The van der Waals surface area contributed by atoms with Crippen molar-refractivity contribution >= 4 is 22.9 Å². The van der Waals surface area contributed by atoms with Gasteiger partial charge in [-0.3, -0.25) is 9.78 Å². The van der Waals surface area contributed by atoms with Crippen LogP contribution < -0.4 is 19.5 Å². The van der Waals surface area contributed by atoms with Gasteiger partial charge in [-0.15, -0.1) is 0 Å². The zero-order chi connectivity index (χ0) is 24.9. The van der Waals surface area contributed by atoms with Crippen molar-refractivity contribution in [3.05, 3.63) is 66.0 Å². The van der Waals surface area contributed by atoms with Crippen molar-refractivity contribution in [3.63, 3.8) is 0 Å². The van der Waals surface area contributed by atoms with E-state index < -0.39 is 17.9 Å². The lowest BCUT2D eigenvalue weighted by Crippen LogP contribution is -2.42. The Balaban J connectivity index is 0.00000361. The summed E-state index contributed by atoms with van der Waals surface area (Å²) < 4.78 is 16.0. The first-order valence-corrected chi connectivity index (χ1v) is 10.7. The normalized spacial score (nSPS) is 11.3. The Morgan fingerprint density at radius 3 is 2.25 bits per heavy atom. The molecule has 2 heterocycles. The summed E-state index contributed by atoms with van der Waals surface area (Å²) >= 11 is 0. The topological polar surface area (TPSA) is 136 Å². The molecule has 36 heavy (non-hydrogen) atoms. The van der Waals surface area contributed by atoms with Crippen LogP contribution in [-0.2, 0) is 11.2 Å². The number of H-pyrrole nitrogens is 1. The summed E-state index contributed by atoms with van der Waals surface area (Å²) in [6.07, 6.45) is 3.35. The van der Waals surface area contributed by atoms with Crippen LogP contribution in [-0.4, -0.2) is 59.3 Å². The number of methoxy groups -OCH3 is 3. The number of ether oxygens (including phenoxy) is 3. The maximum Gasteiger partial charge on any atom is 0.326 e. The van der Waals surface area contributed by atoms with Crippen molar-refractivity contribution in [2.75, 3.05) is 21.3 Å². The number of aromatic amines is 1. The number of aromatic nitrogens is 3. The molecule has 10 nitrogen and oxygen atoms in total. The Morgan fingerprint density at radius 1 is 1.00 bits per heavy atom. The van der Waals surface area contributed by atoms with Gasteiger partial charge < -0.3 is 29.6 Å². The molecule has 1 amide bonds. The monoisotopic (exact) mass is 492 g/mol. The molecule has 2 aromatic heterocycles. The third-order valence-corrected chi connectivity index (χ3v) is 5.47. The lowest BCUT2D eigenvalue weighted by atomic mass is 10.0. The molecule has 188 valence electrons. The Morgan fingerprint density at radius 2 is 1.67 bits per heavy atom. The van der Waals surface area contributed by atoms with Crippen LogP contribution in [0.3, 0.4) is 0 Å². The highest BCUT2D eigenvalue weighted by Crippen LogP contribution is 2.38. The molecule has 0 aliphatic heterocycles. The Kier molecular flexibility index (Phi) is 8.11. The van der Waals surface area contributed by atoms with Crippen LogP contribution in [0.1, 0.15) is 23.3 Å².